The van der Waals surface area contributed by atoms with Gasteiger partial charge in [0.05, 0.1) is 9.50 Å². The molecule has 0 atom stereocenters. The molecule has 1 rings (SSSR count). The Balaban J connectivity index is 2.69. The van der Waals surface area contributed by atoms with E-state index in [-0.39, 0.29) is 0 Å². The lowest BCUT2D eigenvalue weighted by Crippen LogP contribution is -2.29. The average Bonchev–Trinajstić information content (AvgIpc) is 2.14. The Morgan fingerprint density at radius 1 is 1.33 bits per heavy atom. The van der Waals surface area contributed by atoms with Crippen LogP contribution in [-0.4, -0.2) is 44.1 Å². The first-order valence-corrected chi connectivity index (χ1v) is 5.84. The first kappa shape index (κ1) is 12.7. The normalized spacial score (nSPS) is 10.8. The van der Waals surface area contributed by atoms with Gasteiger partial charge in [-0.15, -0.1) is 0 Å². The number of nitrogens with zero attached hydrogens (tertiary/aromatic N) is 3. The highest BCUT2D eigenvalue weighted by Crippen LogP contribution is 2.25. The number of likely N-dealkylation sites (N-methyl/N-ethyl adjacent to an activating group) is 2. The summed E-state index contributed by atoms with van der Waals surface area (Å²) in [4.78, 5) is 8.52. The van der Waals surface area contributed by atoms with Gasteiger partial charge in [-0.05, 0) is 36.1 Å². The van der Waals surface area contributed by atoms with Crippen molar-refractivity contribution in [1.29, 1.82) is 0 Å². The number of hydrogen-bond acceptors (Lipinski definition) is 3. The summed E-state index contributed by atoms with van der Waals surface area (Å²) in [5.74, 6) is 0.918. The molecular formula is C10H15BrClN3. The van der Waals surface area contributed by atoms with Gasteiger partial charge in [-0.2, -0.15) is 0 Å². The summed E-state index contributed by atoms with van der Waals surface area (Å²) >= 11 is 9.28. The van der Waals surface area contributed by atoms with Crippen LogP contribution in [-0.2, 0) is 0 Å². The molecular weight excluding hydrogens is 277 g/mol. The fraction of sp³-hybridized carbons (Fsp3) is 0.500. The number of anilines is 1. The summed E-state index contributed by atoms with van der Waals surface area (Å²) in [6.45, 7) is 1.92. The summed E-state index contributed by atoms with van der Waals surface area (Å²) in [5.41, 5.74) is 0. The molecule has 1 aromatic rings. The summed E-state index contributed by atoms with van der Waals surface area (Å²) in [6.07, 6.45) is 1.66. The van der Waals surface area contributed by atoms with Crippen molar-refractivity contribution < 1.29 is 0 Å². The highest BCUT2D eigenvalue weighted by molar-refractivity contribution is 9.10. The SMILES string of the molecule is CN(C)CCN(C)c1ncc(Cl)cc1Br. The lowest BCUT2D eigenvalue weighted by Gasteiger charge is -2.21. The smallest absolute Gasteiger partial charge is 0.142 e. The van der Waals surface area contributed by atoms with Crippen LogP contribution in [0.15, 0.2) is 16.7 Å². The Morgan fingerprint density at radius 3 is 2.53 bits per heavy atom. The summed E-state index contributed by atoms with van der Waals surface area (Å²) < 4.78 is 0.927. The molecule has 0 unspecified atom stereocenters. The minimum Gasteiger partial charge on any atom is -0.357 e. The zero-order chi connectivity index (χ0) is 11.4. The van der Waals surface area contributed by atoms with Crippen LogP contribution >= 0.6 is 27.5 Å². The van der Waals surface area contributed by atoms with Gasteiger partial charge < -0.3 is 9.80 Å². The van der Waals surface area contributed by atoms with Gasteiger partial charge in [-0.1, -0.05) is 11.6 Å². The third kappa shape index (κ3) is 3.97. The topological polar surface area (TPSA) is 19.4 Å². The molecule has 0 amide bonds. The average molecular weight is 293 g/mol. The lowest BCUT2D eigenvalue weighted by molar-refractivity contribution is 0.416. The van der Waals surface area contributed by atoms with Gasteiger partial charge in [-0.3, -0.25) is 0 Å². The molecule has 0 aromatic carbocycles. The van der Waals surface area contributed by atoms with Crippen molar-refractivity contribution in [2.24, 2.45) is 0 Å². The van der Waals surface area contributed by atoms with Crippen LogP contribution in [0.5, 0.6) is 0 Å². The highest BCUT2D eigenvalue weighted by atomic mass is 79.9. The largest absolute Gasteiger partial charge is 0.357 e. The number of rotatable bonds is 4. The third-order valence-corrected chi connectivity index (χ3v) is 2.82. The van der Waals surface area contributed by atoms with E-state index in [9.17, 15) is 0 Å². The molecule has 1 heterocycles. The van der Waals surface area contributed by atoms with Crippen molar-refractivity contribution in [2.45, 2.75) is 0 Å². The maximum Gasteiger partial charge on any atom is 0.142 e. The van der Waals surface area contributed by atoms with Crippen molar-refractivity contribution >= 4 is 33.3 Å². The number of halogens is 2. The number of hydrogen-bond donors (Lipinski definition) is 0. The summed E-state index contributed by atoms with van der Waals surface area (Å²) in [6, 6.07) is 1.86. The monoisotopic (exact) mass is 291 g/mol. The second kappa shape index (κ2) is 5.68. The van der Waals surface area contributed by atoms with Crippen LogP contribution in [0.4, 0.5) is 5.82 Å². The van der Waals surface area contributed by atoms with Crippen LogP contribution in [0.1, 0.15) is 0 Å². The molecule has 0 aliphatic carbocycles. The number of pyridine rings is 1. The van der Waals surface area contributed by atoms with Crippen LogP contribution in [0.25, 0.3) is 0 Å². The molecule has 3 nitrogen and oxygen atoms in total. The molecule has 0 radical (unpaired) electrons. The fourth-order valence-corrected chi connectivity index (χ4v) is 2.09. The molecule has 0 aliphatic rings. The van der Waals surface area contributed by atoms with Gasteiger partial charge in [-0.25, -0.2) is 4.98 Å². The van der Waals surface area contributed by atoms with Gasteiger partial charge in [0, 0.05) is 26.3 Å². The zero-order valence-corrected chi connectivity index (χ0v) is 11.5. The van der Waals surface area contributed by atoms with Crippen LogP contribution in [0.3, 0.4) is 0 Å². The van der Waals surface area contributed by atoms with Crippen molar-refractivity contribution in [3.05, 3.63) is 21.8 Å². The maximum atomic E-state index is 5.83. The molecule has 0 spiro atoms. The van der Waals surface area contributed by atoms with Crippen LogP contribution < -0.4 is 4.90 Å². The molecule has 15 heavy (non-hydrogen) atoms. The third-order valence-electron chi connectivity index (χ3n) is 2.03. The van der Waals surface area contributed by atoms with Gasteiger partial charge in [0.2, 0.25) is 0 Å². The van der Waals surface area contributed by atoms with E-state index in [4.69, 9.17) is 11.6 Å². The zero-order valence-electron chi connectivity index (χ0n) is 9.17. The van der Waals surface area contributed by atoms with Gasteiger partial charge in [0.25, 0.3) is 0 Å². The summed E-state index contributed by atoms with van der Waals surface area (Å²) in [7, 11) is 6.13. The van der Waals surface area contributed by atoms with E-state index in [0.717, 1.165) is 23.4 Å². The molecule has 0 bridgehead atoms. The van der Waals surface area contributed by atoms with Gasteiger partial charge in [0.15, 0.2) is 0 Å². The molecule has 5 heteroatoms. The maximum absolute atomic E-state index is 5.83. The molecule has 84 valence electrons. The van der Waals surface area contributed by atoms with Crippen LogP contribution in [0, 0.1) is 0 Å². The second-order valence-corrected chi connectivity index (χ2v) is 4.97. The Labute approximate surface area is 104 Å². The minimum absolute atomic E-state index is 0.645. The molecule has 1 aromatic heterocycles. The Hall–Kier alpha value is -0.320. The van der Waals surface area contributed by atoms with E-state index >= 15 is 0 Å². The Bertz CT molecular complexity index is 330. The molecule has 0 fully saturated rings. The van der Waals surface area contributed by atoms with Gasteiger partial charge >= 0.3 is 0 Å². The van der Waals surface area contributed by atoms with E-state index in [1.54, 1.807) is 6.20 Å². The predicted molar refractivity (Wildman–Crippen MR) is 68.8 cm³/mol. The van der Waals surface area contributed by atoms with Gasteiger partial charge in [0.1, 0.15) is 5.82 Å². The molecule has 0 N–H and O–H groups in total. The van der Waals surface area contributed by atoms with Crippen molar-refractivity contribution in [1.82, 2.24) is 9.88 Å². The predicted octanol–water partition coefficient (Wildman–Crippen LogP) is 2.50. The molecule has 0 aliphatic heterocycles. The standard InChI is InChI=1S/C10H15BrClN3/c1-14(2)4-5-15(3)10-9(11)6-8(12)7-13-10/h6-7H,4-5H2,1-3H3. The van der Waals surface area contributed by atoms with Crippen LogP contribution in [0.2, 0.25) is 5.02 Å². The Kier molecular flexibility index (Phi) is 4.83. The highest BCUT2D eigenvalue weighted by Gasteiger charge is 2.07. The van der Waals surface area contributed by atoms with Crippen molar-refractivity contribution in [2.75, 3.05) is 39.1 Å². The second-order valence-electron chi connectivity index (χ2n) is 3.68. The van der Waals surface area contributed by atoms with E-state index in [1.165, 1.54) is 0 Å². The van der Waals surface area contributed by atoms with E-state index < -0.39 is 0 Å². The number of aromatic nitrogens is 1. The minimum atomic E-state index is 0.645. The quantitative estimate of drug-likeness (QED) is 0.850. The first-order chi connectivity index (χ1) is 7.00. The Morgan fingerprint density at radius 2 is 2.00 bits per heavy atom. The first-order valence-electron chi connectivity index (χ1n) is 4.67. The lowest BCUT2D eigenvalue weighted by atomic mass is 10.4. The van der Waals surface area contributed by atoms with Crippen molar-refractivity contribution in [3.63, 3.8) is 0 Å². The summed E-state index contributed by atoms with van der Waals surface area (Å²) in [5, 5.41) is 0.645. The fourth-order valence-electron chi connectivity index (χ4n) is 1.14. The van der Waals surface area contributed by atoms with E-state index in [0.29, 0.717) is 5.02 Å². The van der Waals surface area contributed by atoms with E-state index in [2.05, 4.69) is 44.8 Å². The molecule has 0 saturated heterocycles. The van der Waals surface area contributed by atoms with Crippen molar-refractivity contribution in [3.8, 4) is 0 Å². The molecule has 0 saturated carbocycles. The van der Waals surface area contributed by atoms with E-state index in [1.807, 2.05) is 13.1 Å².